The Kier molecular flexibility index (Phi) is 5.82. The van der Waals surface area contributed by atoms with Crippen molar-refractivity contribution in [1.82, 2.24) is 14.7 Å². The maximum absolute atomic E-state index is 15.0. The van der Waals surface area contributed by atoms with E-state index in [1.54, 1.807) is 42.6 Å². The summed E-state index contributed by atoms with van der Waals surface area (Å²) >= 11 is 0. The second-order valence-corrected chi connectivity index (χ2v) is 8.24. The first-order valence-electron chi connectivity index (χ1n) is 8.70. The predicted molar refractivity (Wildman–Crippen MR) is 115 cm³/mol. The van der Waals surface area contributed by atoms with Gasteiger partial charge in [0, 0.05) is 40.0 Å². The standard InChI is InChI=1S/C21H16FN3O3S.CH4/c1-23-29(27,28)20-5-3-2-4-17(20)13-6-7-16(19(22)9-13)14-8-18-15(12-26)11-25-21(18)24-10-14;/h2-12,23H,1H3,(H,24,25);1H4. The van der Waals surface area contributed by atoms with Gasteiger partial charge in [0.1, 0.15) is 11.5 Å². The number of nitrogens with one attached hydrogen (secondary N) is 2. The maximum Gasteiger partial charge on any atom is 0.240 e. The van der Waals surface area contributed by atoms with Gasteiger partial charge < -0.3 is 4.98 Å². The van der Waals surface area contributed by atoms with E-state index in [1.807, 2.05) is 0 Å². The maximum atomic E-state index is 15.0. The Morgan fingerprint density at radius 2 is 1.83 bits per heavy atom. The predicted octanol–water partition coefficient (Wildman–Crippen LogP) is 4.39. The van der Waals surface area contributed by atoms with E-state index in [2.05, 4.69) is 14.7 Å². The molecule has 154 valence electrons. The van der Waals surface area contributed by atoms with E-state index in [4.69, 9.17) is 0 Å². The number of carbonyl (C=O) groups excluding carboxylic acids is 1. The smallest absolute Gasteiger partial charge is 0.240 e. The summed E-state index contributed by atoms with van der Waals surface area (Å²) in [5, 5.41) is 0.603. The van der Waals surface area contributed by atoms with Crippen LogP contribution in [0.15, 0.2) is 65.8 Å². The minimum Gasteiger partial charge on any atom is -0.345 e. The fourth-order valence-corrected chi connectivity index (χ4v) is 4.19. The molecule has 0 aliphatic carbocycles. The number of aldehydes is 1. The molecular weight excluding hydrogens is 405 g/mol. The molecule has 30 heavy (non-hydrogen) atoms. The summed E-state index contributed by atoms with van der Waals surface area (Å²) in [5.74, 6) is -0.525. The van der Waals surface area contributed by atoms with E-state index < -0.39 is 15.8 Å². The topological polar surface area (TPSA) is 91.9 Å². The van der Waals surface area contributed by atoms with Crippen molar-refractivity contribution in [3.8, 4) is 22.3 Å². The van der Waals surface area contributed by atoms with Gasteiger partial charge in [-0.25, -0.2) is 22.5 Å². The molecular formula is C22H20FN3O3S. The van der Waals surface area contributed by atoms with Gasteiger partial charge in [0.2, 0.25) is 10.0 Å². The van der Waals surface area contributed by atoms with Gasteiger partial charge in [-0.15, -0.1) is 0 Å². The summed E-state index contributed by atoms with van der Waals surface area (Å²) in [6, 6.07) is 12.6. The molecule has 4 rings (SSSR count). The summed E-state index contributed by atoms with van der Waals surface area (Å²) < 4.78 is 41.8. The number of hydrogen-bond acceptors (Lipinski definition) is 4. The van der Waals surface area contributed by atoms with Crippen molar-refractivity contribution >= 4 is 27.3 Å². The minimum absolute atomic E-state index is 0. The van der Waals surface area contributed by atoms with Gasteiger partial charge in [0.05, 0.1) is 4.90 Å². The number of nitrogens with zero attached hydrogens (tertiary/aromatic N) is 1. The Bertz CT molecular complexity index is 1350. The number of halogens is 1. The number of pyridine rings is 1. The molecule has 0 fully saturated rings. The molecule has 0 spiro atoms. The Morgan fingerprint density at radius 3 is 2.53 bits per heavy atom. The molecule has 2 heterocycles. The Hall–Kier alpha value is -3.36. The summed E-state index contributed by atoms with van der Waals surface area (Å²) in [4.78, 5) is 18.4. The van der Waals surface area contributed by atoms with E-state index in [0.717, 1.165) is 0 Å². The molecule has 0 atom stereocenters. The zero-order valence-electron chi connectivity index (χ0n) is 15.3. The molecule has 4 aromatic rings. The zero-order chi connectivity index (χ0) is 20.6. The highest BCUT2D eigenvalue weighted by molar-refractivity contribution is 7.89. The number of rotatable bonds is 5. The summed E-state index contributed by atoms with van der Waals surface area (Å²) in [7, 11) is -2.37. The first kappa shape index (κ1) is 21.4. The number of benzene rings is 2. The number of H-pyrrole nitrogens is 1. The van der Waals surface area contributed by atoms with Crippen LogP contribution in [-0.2, 0) is 10.0 Å². The Morgan fingerprint density at radius 1 is 1.07 bits per heavy atom. The number of aromatic nitrogens is 2. The van der Waals surface area contributed by atoms with Crippen molar-refractivity contribution in [3.63, 3.8) is 0 Å². The van der Waals surface area contributed by atoms with E-state index >= 15 is 0 Å². The van der Waals surface area contributed by atoms with Crippen molar-refractivity contribution in [2.75, 3.05) is 7.05 Å². The van der Waals surface area contributed by atoms with Gasteiger partial charge in [-0.3, -0.25) is 4.79 Å². The molecule has 0 aliphatic rings. The van der Waals surface area contributed by atoms with Crippen LogP contribution in [0.5, 0.6) is 0 Å². The van der Waals surface area contributed by atoms with Crippen LogP contribution in [0, 0.1) is 5.82 Å². The molecule has 0 saturated carbocycles. The van der Waals surface area contributed by atoms with E-state index in [1.165, 1.54) is 25.4 Å². The third kappa shape index (κ3) is 3.62. The van der Waals surface area contributed by atoms with E-state index in [9.17, 15) is 17.6 Å². The van der Waals surface area contributed by atoms with Crippen LogP contribution in [0.25, 0.3) is 33.3 Å². The lowest BCUT2D eigenvalue weighted by Gasteiger charge is -2.11. The van der Waals surface area contributed by atoms with Crippen molar-refractivity contribution in [2.45, 2.75) is 12.3 Å². The second kappa shape index (κ2) is 8.17. The molecule has 2 aromatic heterocycles. The molecule has 0 aliphatic heterocycles. The van der Waals surface area contributed by atoms with Crippen LogP contribution < -0.4 is 4.72 Å². The van der Waals surface area contributed by atoms with Crippen molar-refractivity contribution in [1.29, 1.82) is 0 Å². The highest BCUT2D eigenvalue weighted by Crippen LogP contribution is 2.32. The zero-order valence-corrected chi connectivity index (χ0v) is 16.1. The normalized spacial score (nSPS) is 11.3. The van der Waals surface area contributed by atoms with Crippen molar-refractivity contribution in [3.05, 3.63) is 72.3 Å². The van der Waals surface area contributed by atoms with Crippen LogP contribution in [0.3, 0.4) is 0 Å². The highest BCUT2D eigenvalue weighted by Gasteiger charge is 2.18. The van der Waals surface area contributed by atoms with Crippen LogP contribution in [0.4, 0.5) is 4.39 Å². The largest absolute Gasteiger partial charge is 0.345 e. The first-order chi connectivity index (χ1) is 13.9. The van der Waals surface area contributed by atoms with E-state index in [0.29, 0.717) is 45.1 Å². The van der Waals surface area contributed by atoms with Crippen LogP contribution in [0.1, 0.15) is 17.8 Å². The SMILES string of the molecule is C.CNS(=O)(=O)c1ccccc1-c1ccc(-c2cnc3[nH]cc(C=O)c3c2)c(F)c1. The molecule has 2 N–H and O–H groups in total. The number of sulfonamides is 1. The Labute approximate surface area is 173 Å². The van der Waals surface area contributed by atoms with Gasteiger partial charge >= 0.3 is 0 Å². The molecule has 8 heteroatoms. The average molecular weight is 425 g/mol. The van der Waals surface area contributed by atoms with Gasteiger partial charge in [-0.2, -0.15) is 0 Å². The fourth-order valence-electron chi connectivity index (χ4n) is 3.23. The van der Waals surface area contributed by atoms with Gasteiger partial charge in [0.25, 0.3) is 0 Å². The van der Waals surface area contributed by atoms with Crippen LogP contribution in [0.2, 0.25) is 0 Å². The monoisotopic (exact) mass is 425 g/mol. The second-order valence-electron chi connectivity index (χ2n) is 6.38. The molecule has 0 saturated heterocycles. The molecule has 2 aromatic carbocycles. The molecule has 0 amide bonds. The highest BCUT2D eigenvalue weighted by atomic mass is 32.2. The fraction of sp³-hybridized carbons (Fsp3) is 0.0909. The quantitative estimate of drug-likeness (QED) is 0.464. The lowest BCUT2D eigenvalue weighted by molar-refractivity contribution is 0.112. The van der Waals surface area contributed by atoms with Gasteiger partial charge in [-0.1, -0.05) is 37.8 Å². The third-order valence-electron chi connectivity index (χ3n) is 4.73. The number of fused-ring (bicyclic) bond motifs is 1. The van der Waals surface area contributed by atoms with Crippen LogP contribution >= 0.6 is 0 Å². The van der Waals surface area contributed by atoms with Gasteiger partial charge in [0.15, 0.2) is 6.29 Å². The van der Waals surface area contributed by atoms with Crippen LogP contribution in [-0.4, -0.2) is 31.7 Å². The van der Waals surface area contributed by atoms with Gasteiger partial charge in [-0.05, 0) is 30.8 Å². The number of hydrogen-bond donors (Lipinski definition) is 2. The average Bonchev–Trinajstić information content (AvgIpc) is 3.16. The lowest BCUT2D eigenvalue weighted by Crippen LogP contribution is -2.19. The number of aromatic amines is 1. The molecule has 6 nitrogen and oxygen atoms in total. The molecule has 0 radical (unpaired) electrons. The lowest BCUT2D eigenvalue weighted by atomic mass is 10.00. The molecule has 0 unspecified atom stereocenters. The molecule has 0 bridgehead atoms. The van der Waals surface area contributed by atoms with E-state index in [-0.39, 0.29) is 12.3 Å². The summed E-state index contributed by atoms with van der Waals surface area (Å²) in [5.41, 5.74) is 2.63. The Balaban J connectivity index is 0.00000256. The number of carbonyl (C=O) groups is 1. The van der Waals surface area contributed by atoms with Crippen molar-refractivity contribution < 1.29 is 17.6 Å². The first-order valence-corrected chi connectivity index (χ1v) is 10.2. The van der Waals surface area contributed by atoms with Crippen molar-refractivity contribution in [2.24, 2.45) is 0 Å². The third-order valence-corrected chi connectivity index (χ3v) is 6.20. The summed E-state index contributed by atoms with van der Waals surface area (Å²) in [6.45, 7) is 0. The summed E-state index contributed by atoms with van der Waals surface area (Å²) in [6.07, 6.45) is 3.78. The minimum atomic E-state index is -3.70.